The molecular weight excluding hydrogens is 412 g/mol. The first kappa shape index (κ1) is 22.0. The third-order valence-electron chi connectivity index (χ3n) is 4.85. The highest BCUT2D eigenvalue weighted by molar-refractivity contribution is 7.80. The molecule has 1 unspecified atom stereocenters. The number of hydrogen-bond acceptors (Lipinski definition) is 4. The molecule has 1 heterocycles. The Morgan fingerprint density at radius 3 is 2.37 bits per heavy atom. The molecule has 0 aliphatic heterocycles. The predicted molar refractivity (Wildman–Crippen MR) is 129 cm³/mol. The molecule has 1 aromatic heterocycles. The van der Waals surface area contributed by atoms with E-state index in [1.807, 2.05) is 43.3 Å². The minimum Gasteiger partial charge on any atom is -0.465 e. The Morgan fingerprint density at radius 2 is 1.73 bits per heavy atom. The summed E-state index contributed by atoms with van der Waals surface area (Å²) in [7, 11) is 1.40. The Bertz CT molecular complexity index is 1000. The van der Waals surface area contributed by atoms with E-state index in [-0.39, 0.29) is 12.0 Å². The zero-order valence-corrected chi connectivity index (χ0v) is 19.0. The molecule has 0 bridgehead atoms. The van der Waals surface area contributed by atoms with Gasteiger partial charge in [0, 0.05) is 16.5 Å². The number of rotatable bonds is 7. The molecule has 6 heteroatoms. The lowest BCUT2D eigenvalue weighted by molar-refractivity contribution is 0.0603. The zero-order valence-electron chi connectivity index (χ0n) is 17.4. The van der Waals surface area contributed by atoms with Gasteiger partial charge in [-0.15, -0.1) is 11.3 Å². The molecule has 4 nitrogen and oxygen atoms in total. The van der Waals surface area contributed by atoms with Crippen LogP contribution in [-0.2, 0) is 11.2 Å². The van der Waals surface area contributed by atoms with Crippen molar-refractivity contribution in [1.82, 2.24) is 5.32 Å². The van der Waals surface area contributed by atoms with Crippen LogP contribution in [0.3, 0.4) is 0 Å². The van der Waals surface area contributed by atoms with Crippen molar-refractivity contribution in [3.05, 3.63) is 76.7 Å². The molecule has 30 heavy (non-hydrogen) atoms. The average Bonchev–Trinajstić information content (AvgIpc) is 3.08. The van der Waals surface area contributed by atoms with Gasteiger partial charge >= 0.3 is 5.97 Å². The summed E-state index contributed by atoms with van der Waals surface area (Å²) in [5.41, 5.74) is 3.69. The van der Waals surface area contributed by atoms with Crippen LogP contribution in [0, 0.1) is 6.92 Å². The minimum atomic E-state index is -0.374. The number of nitrogens with one attached hydrogen (secondary N) is 2. The van der Waals surface area contributed by atoms with E-state index in [0.717, 1.165) is 28.8 Å². The number of hydrogen-bond donors (Lipinski definition) is 2. The van der Waals surface area contributed by atoms with Crippen molar-refractivity contribution in [3.63, 3.8) is 0 Å². The van der Waals surface area contributed by atoms with E-state index in [0.29, 0.717) is 15.7 Å². The van der Waals surface area contributed by atoms with E-state index in [9.17, 15) is 4.79 Å². The van der Waals surface area contributed by atoms with Crippen molar-refractivity contribution in [1.29, 1.82) is 0 Å². The Kier molecular flexibility index (Phi) is 7.60. The molecule has 156 valence electrons. The van der Waals surface area contributed by atoms with Crippen molar-refractivity contribution in [2.45, 2.75) is 32.7 Å². The Labute approximate surface area is 187 Å². The summed E-state index contributed by atoms with van der Waals surface area (Å²) >= 11 is 7.03. The molecule has 1 atom stereocenters. The first-order valence-electron chi connectivity index (χ1n) is 9.88. The summed E-state index contributed by atoms with van der Waals surface area (Å²) in [5.74, 6) is -0.374. The van der Waals surface area contributed by atoms with Crippen molar-refractivity contribution in [3.8, 4) is 11.1 Å². The van der Waals surface area contributed by atoms with Crippen molar-refractivity contribution in [2.24, 2.45) is 0 Å². The Balaban J connectivity index is 1.72. The molecule has 0 spiro atoms. The molecule has 2 N–H and O–H groups in total. The second-order valence-corrected chi connectivity index (χ2v) is 8.75. The van der Waals surface area contributed by atoms with Crippen LogP contribution in [0.2, 0.25) is 0 Å². The molecule has 0 radical (unpaired) electrons. The van der Waals surface area contributed by atoms with Crippen LogP contribution in [0.1, 0.15) is 34.1 Å². The van der Waals surface area contributed by atoms with Crippen molar-refractivity contribution in [2.75, 3.05) is 12.4 Å². The summed E-state index contributed by atoms with van der Waals surface area (Å²) in [5, 5.41) is 7.75. The van der Waals surface area contributed by atoms with Gasteiger partial charge in [-0.2, -0.15) is 0 Å². The summed E-state index contributed by atoms with van der Waals surface area (Å²) < 4.78 is 5.07. The quantitative estimate of drug-likeness (QED) is 0.360. The van der Waals surface area contributed by atoms with Crippen LogP contribution in [0.5, 0.6) is 0 Å². The number of methoxy groups -OCH3 is 1. The average molecular weight is 439 g/mol. The van der Waals surface area contributed by atoms with E-state index >= 15 is 0 Å². The highest BCUT2D eigenvalue weighted by Gasteiger charge is 2.24. The first-order chi connectivity index (χ1) is 14.5. The van der Waals surface area contributed by atoms with Crippen molar-refractivity contribution >= 4 is 39.6 Å². The Morgan fingerprint density at radius 1 is 1.10 bits per heavy atom. The van der Waals surface area contributed by atoms with Gasteiger partial charge in [0.05, 0.1) is 7.11 Å². The van der Waals surface area contributed by atoms with Gasteiger partial charge in [-0.1, -0.05) is 60.7 Å². The van der Waals surface area contributed by atoms with Crippen LogP contribution < -0.4 is 10.6 Å². The number of carbonyl (C=O) groups excluding carboxylic acids is 1. The number of esters is 1. The highest BCUT2D eigenvalue weighted by atomic mass is 32.1. The minimum absolute atomic E-state index is 0.196. The Hall–Kier alpha value is -2.70. The van der Waals surface area contributed by atoms with E-state index in [1.54, 1.807) is 0 Å². The number of thiophene rings is 1. The summed E-state index contributed by atoms with van der Waals surface area (Å²) in [4.78, 5) is 13.6. The van der Waals surface area contributed by atoms with Gasteiger partial charge in [-0.05, 0) is 50.0 Å². The largest absolute Gasteiger partial charge is 0.465 e. The maximum absolute atomic E-state index is 12.6. The van der Waals surface area contributed by atoms with Gasteiger partial charge in [0.25, 0.3) is 0 Å². The molecule has 0 saturated heterocycles. The van der Waals surface area contributed by atoms with E-state index < -0.39 is 0 Å². The predicted octanol–water partition coefficient (Wildman–Crippen LogP) is 5.82. The number of carbonyl (C=O) groups is 1. The molecular formula is C24H26N2O2S2. The normalized spacial score (nSPS) is 11.6. The molecule has 3 rings (SSSR count). The van der Waals surface area contributed by atoms with Crippen molar-refractivity contribution < 1.29 is 9.53 Å². The molecule has 3 aromatic rings. The monoisotopic (exact) mass is 438 g/mol. The molecule has 2 aromatic carbocycles. The topological polar surface area (TPSA) is 50.4 Å². The van der Waals surface area contributed by atoms with Crippen LogP contribution in [0.15, 0.2) is 60.7 Å². The number of benzene rings is 2. The first-order valence-corrected chi connectivity index (χ1v) is 11.1. The highest BCUT2D eigenvalue weighted by Crippen LogP contribution is 2.40. The maximum Gasteiger partial charge on any atom is 0.341 e. The number of ether oxygens (including phenoxy) is 1. The lowest BCUT2D eigenvalue weighted by atomic mass is 10.0. The lowest BCUT2D eigenvalue weighted by Gasteiger charge is -2.17. The van der Waals surface area contributed by atoms with E-state index in [1.165, 1.54) is 24.0 Å². The zero-order chi connectivity index (χ0) is 21.5. The van der Waals surface area contributed by atoms with Gasteiger partial charge in [-0.3, -0.25) is 0 Å². The fourth-order valence-electron chi connectivity index (χ4n) is 3.34. The molecule has 0 saturated carbocycles. The summed E-state index contributed by atoms with van der Waals surface area (Å²) in [6, 6.07) is 20.4. The standard InChI is InChI=1S/C24H26N2O2S2/c1-16(14-15-18-10-6-4-7-11-18)25-24(29)26-22-21(23(27)28-3)20(17(2)30-22)19-12-8-5-9-13-19/h4-13,16H,14-15H2,1-3H3,(H2,25,26,29). The van der Waals surface area contributed by atoms with Gasteiger partial charge < -0.3 is 15.4 Å². The van der Waals surface area contributed by atoms with Gasteiger partial charge in [-0.25, -0.2) is 4.79 Å². The molecule has 0 fully saturated rings. The summed E-state index contributed by atoms with van der Waals surface area (Å²) in [6.45, 7) is 4.11. The van der Waals surface area contributed by atoms with E-state index in [2.05, 4.69) is 41.8 Å². The third-order valence-corrected chi connectivity index (χ3v) is 6.09. The fourth-order valence-corrected chi connectivity index (χ4v) is 4.78. The van der Waals surface area contributed by atoms with Crippen LogP contribution >= 0.6 is 23.6 Å². The van der Waals surface area contributed by atoms with Gasteiger partial charge in [0.1, 0.15) is 10.6 Å². The van der Waals surface area contributed by atoms with Crippen LogP contribution in [-0.4, -0.2) is 24.2 Å². The number of aryl methyl sites for hydroxylation is 2. The molecule has 0 amide bonds. The third kappa shape index (κ3) is 5.46. The smallest absolute Gasteiger partial charge is 0.341 e. The molecule has 0 aliphatic rings. The second-order valence-electron chi connectivity index (χ2n) is 7.12. The lowest BCUT2D eigenvalue weighted by Crippen LogP contribution is -2.36. The van der Waals surface area contributed by atoms with Crippen LogP contribution in [0.25, 0.3) is 11.1 Å². The number of thiocarbonyl (C=S) groups is 1. The molecule has 0 aliphatic carbocycles. The summed E-state index contributed by atoms with van der Waals surface area (Å²) in [6.07, 6.45) is 1.93. The van der Waals surface area contributed by atoms with Gasteiger partial charge in [0.15, 0.2) is 5.11 Å². The fraction of sp³-hybridized carbons (Fsp3) is 0.250. The van der Waals surface area contributed by atoms with Crippen LogP contribution in [0.4, 0.5) is 5.00 Å². The number of anilines is 1. The van der Waals surface area contributed by atoms with Gasteiger partial charge in [0.2, 0.25) is 0 Å². The SMILES string of the molecule is COC(=O)c1c(NC(=S)NC(C)CCc2ccccc2)sc(C)c1-c1ccccc1. The maximum atomic E-state index is 12.6. The second kappa shape index (κ2) is 10.4. The van der Waals surface area contributed by atoms with E-state index in [4.69, 9.17) is 17.0 Å².